The number of hydrogen-bond acceptors (Lipinski definition) is 5. The van der Waals surface area contributed by atoms with Crippen LogP contribution < -0.4 is 11.1 Å². The Morgan fingerprint density at radius 1 is 1.19 bits per heavy atom. The first-order valence-electron chi connectivity index (χ1n) is 7.77. The molecule has 0 aliphatic carbocycles. The van der Waals surface area contributed by atoms with Gasteiger partial charge in [0.1, 0.15) is 6.04 Å². The Balaban J connectivity index is 1.83. The predicted octanol–water partition coefficient (Wildman–Crippen LogP) is 0.195. The van der Waals surface area contributed by atoms with Gasteiger partial charge in [-0.2, -0.15) is 5.10 Å². The molecule has 26 heavy (non-hydrogen) atoms. The molecule has 3 rings (SSSR count). The smallest absolute Gasteiger partial charge is 0.287 e. The lowest BCUT2D eigenvalue weighted by molar-refractivity contribution is -0.137. The Kier molecular flexibility index (Phi) is 4.88. The molecule has 3 aromatic heterocycles. The van der Waals surface area contributed by atoms with Crippen LogP contribution in [0.25, 0.3) is 11.3 Å². The summed E-state index contributed by atoms with van der Waals surface area (Å²) in [4.78, 5) is 43.1. The largest absolute Gasteiger partial charge is 0.367 e. The number of pyridine rings is 1. The molecule has 0 aromatic carbocycles. The molecule has 0 saturated heterocycles. The van der Waals surface area contributed by atoms with Gasteiger partial charge in [-0.3, -0.25) is 24.5 Å². The Morgan fingerprint density at radius 2 is 2.04 bits per heavy atom. The molecule has 0 aliphatic rings. The molecule has 9 heteroatoms. The summed E-state index contributed by atoms with van der Waals surface area (Å²) in [7, 11) is 0. The third-order valence-electron chi connectivity index (χ3n) is 3.76. The SMILES string of the molecule is NC(=O)C(=O)C(Cc1cc[nH]c1)NC(=O)c1n[nH]cc1-c1ccccn1. The minimum atomic E-state index is -1.11. The number of primary amides is 1. The van der Waals surface area contributed by atoms with Crippen molar-refractivity contribution in [1.29, 1.82) is 0 Å². The molecule has 132 valence electrons. The second-order valence-electron chi connectivity index (χ2n) is 5.54. The highest BCUT2D eigenvalue weighted by molar-refractivity contribution is 6.38. The van der Waals surface area contributed by atoms with Crippen LogP contribution in [0, 0.1) is 0 Å². The molecule has 0 aliphatic heterocycles. The topological polar surface area (TPSA) is 147 Å². The van der Waals surface area contributed by atoms with Crippen LogP contribution in [0.15, 0.2) is 49.1 Å². The monoisotopic (exact) mass is 352 g/mol. The number of H-pyrrole nitrogens is 2. The molecule has 0 saturated carbocycles. The van der Waals surface area contributed by atoms with Gasteiger partial charge in [0, 0.05) is 31.2 Å². The first kappa shape index (κ1) is 17.1. The third kappa shape index (κ3) is 3.66. The maximum absolute atomic E-state index is 12.6. The Hall–Kier alpha value is -3.75. The molecule has 0 spiro atoms. The average Bonchev–Trinajstić information content (AvgIpc) is 3.32. The lowest BCUT2D eigenvalue weighted by Crippen LogP contribution is -2.47. The van der Waals surface area contributed by atoms with Crippen LogP contribution in [0.4, 0.5) is 0 Å². The highest BCUT2D eigenvalue weighted by atomic mass is 16.2. The number of nitrogens with one attached hydrogen (secondary N) is 3. The molecule has 2 amide bonds. The van der Waals surface area contributed by atoms with E-state index in [2.05, 4.69) is 25.5 Å². The van der Waals surface area contributed by atoms with Crippen LogP contribution in [-0.2, 0) is 16.0 Å². The molecule has 0 bridgehead atoms. The Labute approximate surface area is 148 Å². The second kappa shape index (κ2) is 7.43. The Bertz CT molecular complexity index is 917. The quantitative estimate of drug-likeness (QED) is 0.448. The zero-order valence-electron chi connectivity index (χ0n) is 13.6. The highest BCUT2D eigenvalue weighted by Gasteiger charge is 2.28. The van der Waals surface area contributed by atoms with Gasteiger partial charge in [-0.25, -0.2) is 0 Å². The molecule has 3 heterocycles. The number of nitrogens with two attached hydrogens (primary N) is 1. The normalized spacial score (nSPS) is 11.7. The number of carbonyl (C=O) groups is 3. The summed E-state index contributed by atoms with van der Waals surface area (Å²) < 4.78 is 0. The third-order valence-corrected chi connectivity index (χ3v) is 3.76. The predicted molar refractivity (Wildman–Crippen MR) is 91.8 cm³/mol. The summed E-state index contributed by atoms with van der Waals surface area (Å²) in [6.45, 7) is 0. The van der Waals surface area contributed by atoms with Crippen molar-refractivity contribution in [3.05, 3.63) is 60.3 Å². The van der Waals surface area contributed by atoms with Gasteiger partial charge in [-0.05, 0) is 23.8 Å². The number of rotatable bonds is 7. The van der Waals surface area contributed by atoms with E-state index < -0.39 is 23.6 Å². The lowest BCUT2D eigenvalue weighted by atomic mass is 10.0. The maximum atomic E-state index is 12.6. The number of nitrogens with zero attached hydrogens (tertiary/aromatic N) is 2. The van der Waals surface area contributed by atoms with E-state index in [1.54, 1.807) is 42.9 Å². The van der Waals surface area contributed by atoms with Gasteiger partial charge in [0.25, 0.3) is 11.8 Å². The van der Waals surface area contributed by atoms with Crippen molar-refractivity contribution < 1.29 is 14.4 Å². The zero-order chi connectivity index (χ0) is 18.5. The molecule has 3 aromatic rings. The van der Waals surface area contributed by atoms with E-state index in [1.807, 2.05) is 0 Å². The first-order chi connectivity index (χ1) is 12.6. The fourth-order valence-corrected chi connectivity index (χ4v) is 2.51. The minimum Gasteiger partial charge on any atom is -0.367 e. The van der Waals surface area contributed by atoms with Gasteiger partial charge in [-0.1, -0.05) is 6.07 Å². The zero-order valence-corrected chi connectivity index (χ0v) is 13.6. The molecular formula is C17H16N6O3. The molecule has 1 atom stereocenters. The van der Waals surface area contributed by atoms with Crippen molar-refractivity contribution in [2.24, 2.45) is 5.73 Å². The summed E-state index contributed by atoms with van der Waals surface area (Å²) in [6.07, 6.45) is 6.60. The van der Waals surface area contributed by atoms with Crippen LogP contribution in [0.1, 0.15) is 16.1 Å². The fraction of sp³-hybridized carbons (Fsp3) is 0.118. The summed E-state index contributed by atoms with van der Waals surface area (Å²) >= 11 is 0. The second-order valence-corrected chi connectivity index (χ2v) is 5.54. The van der Waals surface area contributed by atoms with E-state index in [9.17, 15) is 14.4 Å². The number of aromatic amines is 2. The number of Topliss-reactive ketones (excluding diaryl/α,β-unsaturated/α-hetero) is 1. The van der Waals surface area contributed by atoms with Gasteiger partial charge in [0.2, 0.25) is 5.78 Å². The van der Waals surface area contributed by atoms with Crippen molar-refractivity contribution in [1.82, 2.24) is 25.5 Å². The molecule has 0 fully saturated rings. The molecule has 0 radical (unpaired) electrons. The van der Waals surface area contributed by atoms with Gasteiger partial charge in [-0.15, -0.1) is 0 Å². The van der Waals surface area contributed by atoms with Gasteiger partial charge >= 0.3 is 0 Å². The van der Waals surface area contributed by atoms with E-state index in [4.69, 9.17) is 5.73 Å². The van der Waals surface area contributed by atoms with E-state index in [0.29, 0.717) is 11.3 Å². The number of hydrogen-bond donors (Lipinski definition) is 4. The molecule has 5 N–H and O–H groups in total. The van der Waals surface area contributed by atoms with Crippen LogP contribution in [0.3, 0.4) is 0 Å². The van der Waals surface area contributed by atoms with Crippen molar-refractivity contribution in [3.63, 3.8) is 0 Å². The van der Waals surface area contributed by atoms with Crippen LogP contribution in [0.2, 0.25) is 0 Å². The number of carbonyl (C=O) groups excluding carboxylic acids is 3. The molecular weight excluding hydrogens is 336 g/mol. The fourth-order valence-electron chi connectivity index (χ4n) is 2.51. The van der Waals surface area contributed by atoms with E-state index in [1.165, 1.54) is 6.20 Å². The van der Waals surface area contributed by atoms with Crippen molar-refractivity contribution >= 4 is 17.6 Å². The van der Waals surface area contributed by atoms with E-state index >= 15 is 0 Å². The average molecular weight is 352 g/mol. The van der Waals surface area contributed by atoms with Crippen molar-refractivity contribution in [3.8, 4) is 11.3 Å². The standard InChI is InChI=1S/C17H16N6O3/c18-16(25)15(24)13(7-10-4-6-19-8-10)22-17(26)14-11(9-21-23-14)12-3-1-2-5-20-12/h1-6,8-9,13,19H,7H2,(H2,18,25)(H,21,23)(H,22,26). The van der Waals surface area contributed by atoms with Gasteiger partial charge in [0.15, 0.2) is 5.69 Å². The van der Waals surface area contributed by atoms with E-state index in [-0.39, 0.29) is 12.1 Å². The first-order valence-corrected chi connectivity index (χ1v) is 7.77. The molecule has 1 unspecified atom stereocenters. The maximum Gasteiger partial charge on any atom is 0.287 e. The summed E-state index contributed by atoms with van der Waals surface area (Å²) in [5, 5.41) is 9.09. The summed E-state index contributed by atoms with van der Waals surface area (Å²) in [5.41, 5.74) is 6.95. The number of amides is 2. The molecule has 9 nitrogen and oxygen atoms in total. The number of aromatic nitrogens is 4. The lowest BCUT2D eigenvalue weighted by Gasteiger charge is -2.15. The van der Waals surface area contributed by atoms with Gasteiger partial charge in [0.05, 0.1) is 11.3 Å². The minimum absolute atomic E-state index is 0.0695. The van der Waals surface area contributed by atoms with Gasteiger partial charge < -0.3 is 16.0 Å². The Morgan fingerprint density at radius 3 is 2.69 bits per heavy atom. The van der Waals surface area contributed by atoms with Crippen molar-refractivity contribution in [2.45, 2.75) is 12.5 Å². The highest BCUT2D eigenvalue weighted by Crippen LogP contribution is 2.19. The number of ketones is 1. The van der Waals surface area contributed by atoms with Crippen molar-refractivity contribution in [2.75, 3.05) is 0 Å². The van der Waals surface area contributed by atoms with Crippen LogP contribution >= 0.6 is 0 Å². The summed E-state index contributed by atoms with van der Waals surface area (Å²) in [6, 6.07) is 5.91. The van der Waals surface area contributed by atoms with E-state index in [0.717, 1.165) is 5.56 Å². The van der Waals surface area contributed by atoms with Crippen LogP contribution in [-0.4, -0.2) is 43.8 Å². The van der Waals surface area contributed by atoms with Crippen LogP contribution in [0.5, 0.6) is 0 Å². The summed E-state index contributed by atoms with van der Waals surface area (Å²) in [5.74, 6) is -2.60.